The van der Waals surface area contributed by atoms with E-state index in [0.29, 0.717) is 13.1 Å². The van der Waals surface area contributed by atoms with Crippen molar-refractivity contribution in [3.63, 3.8) is 0 Å². The van der Waals surface area contributed by atoms with Crippen molar-refractivity contribution in [2.75, 3.05) is 18.0 Å². The molecule has 0 spiro atoms. The van der Waals surface area contributed by atoms with Crippen molar-refractivity contribution in [2.24, 2.45) is 0 Å². The molecule has 1 heterocycles. The Balaban J connectivity index is 2.67. The third-order valence-electron chi connectivity index (χ3n) is 1.97. The molecule has 1 aromatic rings. The maximum absolute atomic E-state index is 10.5. The molecule has 0 unspecified atom stereocenters. The fourth-order valence-corrected chi connectivity index (χ4v) is 1.98. The first-order valence-corrected chi connectivity index (χ1v) is 5.89. The second-order valence-corrected chi connectivity index (χ2v) is 4.25. The summed E-state index contributed by atoms with van der Waals surface area (Å²) in [5.41, 5.74) is 0. The van der Waals surface area contributed by atoms with E-state index < -0.39 is 5.97 Å². The molecule has 1 aromatic heterocycles. The van der Waals surface area contributed by atoms with Crippen molar-refractivity contribution in [3.05, 3.63) is 17.7 Å². The second-order valence-electron chi connectivity index (χ2n) is 3.21. The quantitative estimate of drug-likeness (QED) is 0.734. The van der Waals surface area contributed by atoms with Crippen LogP contribution in [-0.2, 0) is 11.2 Å². The van der Waals surface area contributed by atoms with Crippen LogP contribution in [0.2, 0.25) is 0 Å². The molecule has 0 bridgehead atoms. The Bertz CT molecular complexity index is 365. The highest BCUT2D eigenvalue weighted by atomic mass is 32.1. The topological polar surface area (TPSA) is 66.3 Å². The Kier molecular flexibility index (Phi) is 4.91. The maximum atomic E-state index is 10.5. The highest BCUT2D eigenvalue weighted by molar-refractivity contribution is 7.15. The van der Waals surface area contributed by atoms with E-state index in [-0.39, 0.29) is 6.42 Å². The molecule has 1 rings (SSSR count). The van der Waals surface area contributed by atoms with Gasteiger partial charge in [-0.25, -0.2) is 0 Å². The lowest BCUT2D eigenvalue weighted by Gasteiger charge is -2.17. The van der Waals surface area contributed by atoms with E-state index in [2.05, 4.69) is 16.8 Å². The van der Waals surface area contributed by atoms with Crippen LogP contribution in [0.5, 0.6) is 0 Å². The van der Waals surface area contributed by atoms with Crippen LogP contribution in [0.1, 0.15) is 18.4 Å². The molecule has 6 heteroatoms. The van der Waals surface area contributed by atoms with Crippen LogP contribution in [0.3, 0.4) is 0 Å². The monoisotopic (exact) mass is 241 g/mol. The van der Waals surface area contributed by atoms with Crippen molar-refractivity contribution in [1.29, 1.82) is 0 Å². The van der Waals surface area contributed by atoms with Crippen molar-refractivity contribution in [2.45, 2.75) is 19.8 Å². The third-order valence-corrected chi connectivity index (χ3v) is 3.10. The number of carbonyl (C=O) groups is 1. The van der Waals surface area contributed by atoms with Gasteiger partial charge in [-0.15, -0.1) is 16.8 Å². The van der Waals surface area contributed by atoms with Crippen LogP contribution >= 0.6 is 11.3 Å². The molecular formula is C10H15N3O2S. The van der Waals surface area contributed by atoms with Crippen LogP contribution in [0.15, 0.2) is 12.7 Å². The summed E-state index contributed by atoms with van der Waals surface area (Å²) in [6.45, 7) is 6.68. The summed E-state index contributed by atoms with van der Waals surface area (Å²) in [6.07, 6.45) is 2.67. The molecule has 0 saturated heterocycles. The third kappa shape index (κ3) is 3.62. The van der Waals surface area contributed by atoms with Gasteiger partial charge in [0.05, 0.1) is 6.42 Å². The van der Waals surface area contributed by atoms with E-state index in [4.69, 9.17) is 5.11 Å². The van der Waals surface area contributed by atoms with E-state index in [0.717, 1.165) is 16.6 Å². The van der Waals surface area contributed by atoms with Gasteiger partial charge in [0, 0.05) is 13.1 Å². The molecule has 0 saturated carbocycles. The molecule has 0 aliphatic carbocycles. The molecule has 0 amide bonds. The van der Waals surface area contributed by atoms with Gasteiger partial charge < -0.3 is 10.0 Å². The van der Waals surface area contributed by atoms with Crippen molar-refractivity contribution in [1.82, 2.24) is 10.2 Å². The first kappa shape index (κ1) is 12.6. The molecule has 0 aliphatic heterocycles. The zero-order valence-electron chi connectivity index (χ0n) is 9.22. The van der Waals surface area contributed by atoms with E-state index >= 15 is 0 Å². The fourth-order valence-electron chi connectivity index (χ4n) is 1.17. The number of anilines is 1. The van der Waals surface area contributed by atoms with Crippen LogP contribution in [-0.4, -0.2) is 34.4 Å². The fraction of sp³-hybridized carbons (Fsp3) is 0.500. The summed E-state index contributed by atoms with van der Waals surface area (Å²) in [5, 5.41) is 18.4. The molecule has 0 atom stereocenters. The predicted octanol–water partition coefficient (Wildman–Crippen LogP) is 1.57. The lowest BCUT2D eigenvalue weighted by Crippen LogP contribution is -2.26. The molecule has 5 nitrogen and oxygen atoms in total. The highest BCUT2D eigenvalue weighted by Gasteiger charge is 2.12. The minimum atomic E-state index is -0.811. The predicted molar refractivity (Wildman–Crippen MR) is 63.9 cm³/mol. The average molecular weight is 241 g/mol. The Morgan fingerprint density at radius 1 is 1.62 bits per heavy atom. The SMILES string of the molecule is C=CCN(CCC(=O)O)c1nnc(CC)s1. The van der Waals surface area contributed by atoms with Crippen molar-refractivity contribution in [3.8, 4) is 0 Å². The molecule has 0 fully saturated rings. The van der Waals surface area contributed by atoms with Crippen LogP contribution in [0.4, 0.5) is 5.13 Å². The van der Waals surface area contributed by atoms with E-state index in [1.807, 2.05) is 11.8 Å². The van der Waals surface area contributed by atoms with E-state index in [1.54, 1.807) is 6.08 Å². The summed E-state index contributed by atoms with van der Waals surface area (Å²) in [5.74, 6) is -0.811. The number of carboxylic acid groups (broad SMARTS) is 1. The Hall–Kier alpha value is -1.43. The van der Waals surface area contributed by atoms with Gasteiger partial charge in [0.2, 0.25) is 5.13 Å². The summed E-state index contributed by atoms with van der Waals surface area (Å²) in [6, 6.07) is 0. The van der Waals surface area contributed by atoms with Gasteiger partial charge in [-0.05, 0) is 6.42 Å². The van der Waals surface area contributed by atoms with Gasteiger partial charge >= 0.3 is 5.97 Å². The molecule has 16 heavy (non-hydrogen) atoms. The molecule has 0 radical (unpaired) electrons. The lowest BCUT2D eigenvalue weighted by atomic mass is 10.4. The van der Waals surface area contributed by atoms with Gasteiger partial charge in [0.25, 0.3) is 0 Å². The second kappa shape index (κ2) is 6.22. The summed E-state index contributed by atoms with van der Waals surface area (Å²) >= 11 is 1.50. The van der Waals surface area contributed by atoms with Crippen LogP contribution in [0.25, 0.3) is 0 Å². The van der Waals surface area contributed by atoms with Crippen LogP contribution < -0.4 is 4.90 Å². The number of aromatic nitrogens is 2. The van der Waals surface area contributed by atoms with Crippen molar-refractivity contribution >= 4 is 22.4 Å². The maximum Gasteiger partial charge on any atom is 0.305 e. The minimum Gasteiger partial charge on any atom is -0.481 e. The summed E-state index contributed by atoms with van der Waals surface area (Å²) in [4.78, 5) is 12.4. The number of hydrogen-bond acceptors (Lipinski definition) is 5. The van der Waals surface area contributed by atoms with Gasteiger partial charge in [0.1, 0.15) is 5.01 Å². The number of aliphatic carboxylic acids is 1. The average Bonchev–Trinajstić information content (AvgIpc) is 2.72. The van der Waals surface area contributed by atoms with E-state index in [9.17, 15) is 4.79 Å². The van der Waals surface area contributed by atoms with Gasteiger partial charge in [-0.1, -0.05) is 24.3 Å². The first-order chi connectivity index (χ1) is 7.67. The van der Waals surface area contributed by atoms with Gasteiger partial charge in [-0.2, -0.15) is 0 Å². The molecular weight excluding hydrogens is 226 g/mol. The standard InChI is InChI=1S/C10H15N3O2S/c1-3-6-13(7-5-9(14)15)10-12-11-8(4-2)16-10/h3H,1,4-7H2,2H3,(H,14,15). The van der Waals surface area contributed by atoms with Crippen molar-refractivity contribution < 1.29 is 9.90 Å². The first-order valence-electron chi connectivity index (χ1n) is 5.07. The normalized spacial score (nSPS) is 10.1. The Labute approximate surface area is 98.4 Å². The highest BCUT2D eigenvalue weighted by Crippen LogP contribution is 2.20. The number of aryl methyl sites for hydroxylation is 1. The minimum absolute atomic E-state index is 0.0921. The smallest absolute Gasteiger partial charge is 0.305 e. The van der Waals surface area contributed by atoms with Gasteiger partial charge in [-0.3, -0.25) is 4.79 Å². The molecule has 88 valence electrons. The number of rotatable bonds is 7. The van der Waals surface area contributed by atoms with E-state index in [1.165, 1.54) is 11.3 Å². The largest absolute Gasteiger partial charge is 0.481 e. The molecule has 1 N–H and O–H groups in total. The lowest BCUT2D eigenvalue weighted by molar-refractivity contribution is -0.136. The Morgan fingerprint density at radius 3 is 2.88 bits per heavy atom. The molecule has 0 aliphatic rings. The molecule has 0 aromatic carbocycles. The number of nitrogens with zero attached hydrogens (tertiary/aromatic N) is 3. The van der Waals surface area contributed by atoms with Gasteiger partial charge in [0.15, 0.2) is 0 Å². The zero-order chi connectivity index (χ0) is 12.0. The zero-order valence-corrected chi connectivity index (χ0v) is 10.0. The van der Waals surface area contributed by atoms with Crippen LogP contribution in [0, 0.1) is 0 Å². The Morgan fingerprint density at radius 2 is 2.38 bits per heavy atom. The number of hydrogen-bond donors (Lipinski definition) is 1. The summed E-state index contributed by atoms with van der Waals surface area (Å²) < 4.78 is 0. The number of carboxylic acids is 1. The summed E-state index contributed by atoms with van der Waals surface area (Å²) in [7, 11) is 0.